The second-order valence-electron chi connectivity index (χ2n) is 5.24. The molecule has 0 fully saturated rings. The number of aliphatic carboxylic acids is 1. The summed E-state index contributed by atoms with van der Waals surface area (Å²) >= 11 is 0. The highest BCUT2D eigenvalue weighted by molar-refractivity contribution is 6.05. The number of carbonyl (C=O) groups is 2. The highest BCUT2D eigenvalue weighted by atomic mass is 16.5. The van der Waals surface area contributed by atoms with Gasteiger partial charge in [0.2, 0.25) is 0 Å². The van der Waals surface area contributed by atoms with Crippen molar-refractivity contribution in [3.05, 3.63) is 34.9 Å². The number of nitrogens with one attached hydrogen (secondary N) is 1. The van der Waals surface area contributed by atoms with Crippen LogP contribution in [0.25, 0.3) is 11.1 Å². The van der Waals surface area contributed by atoms with Crippen molar-refractivity contribution in [2.24, 2.45) is 0 Å². The fraction of sp³-hybridized carbons (Fsp3) is 0.286. The minimum Gasteiger partial charge on any atom is -0.480 e. The number of aryl methyl sites for hydroxylation is 2. The predicted octanol–water partition coefficient (Wildman–Crippen LogP) is 0.446. The van der Waals surface area contributed by atoms with E-state index in [1.807, 2.05) is 0 Å². The molecule has 3 aromatic heterocycles. The van der Waals surface area contributed by atoms with E-state index in [4.69, 9.17) is 9.63 Å². The summed E-state index contributed by atoms with van der Waals surface area (Å²) in [5.74, 6) is -1.35. The minimum atomic E-state index is -1.02. The van der Waals surface area contributed by atoms with Crippen LogP contribution in [-0.2, 0) is 17.9 Å². The Morgan fingerprint density at radius 1 is 1.38 bits per heavy atom. The Bertz CT molecular complexity index is 929. The molecule has 0 unspecified atom stereocenters. The number of hydrogen-bond acceptors (Lipinski definition) is 7. The van der Waals surface area contributed by atoms with Crippen LogP contribution in [0.4, 0.5) is 0 Å². The molecule has 24 heavy (non-hydrogen) atoms. The van der Waals surface area contributed by atoms with Crippen LogP contribution in [-0.4, -0.2) is 42.1 Å². The molecule has 1 amide bonds. The van der Waals surface area contributed by atoms with E-state index in [1.54, 1.807) is 19.9 Å². The SMILES string of the molecule is Cc1cc(C(=O)NCc2cn(CC(=O)O)nn2)c2c(C)noc2n1. The van der Waals surface area contributed by atoms with Gasteiger partial charge in [-0.05, 0) is 19.9 Å². The molecule has 0 atom stereocenters. The normalized spacial score (nSPS) is 10.9. The van der Waals surface area contributed by atoms with Crippen molar-refractivity contribution in [3.63, 3.8) is 0 Å². The molecular weight excluding hydrogens is 316 g/mol. The summed E-state index contributed by atoms with van der Waals surface area (Å²) < 4.78 is 6.28. The number of amides is 1. The van der Waals surface area contributed by atoms with Crippen molar-refractivity contribution in [3.8, 4) is 0 Å². The molecule has 2 N–H and O–H groups in total. The van der Waals surface area contributed by atoms with Crippen LogP contribution in [0.2, 0.25) is 0 Å². The summed E-state index contributed by atoms with van der Waals surface area (Å²) in [5.41, 5.74) is 2.39. The maximum Gasteiger partial charge on any atom is 0.325 e. The molecule has 10 heteroatoms. The molecule has 0 aliphatic carbocycles. The van der Waals surface area contributed by atoms with Crippen LogP contribution in [0.1, 0.15) is 27.4 Å². The van der Waals surface area contributed by atoms with Gasteiger partial charge in [-0.15, -0.1) is 5.10 Å². The van der Waals surface area contributed by atoms with Crippen molar-refractivity contribution in [1.29, 1.82) is 0 Å². The predicted molar refractivity (Wildman–Crippen MR) is 80.1 cm³/mol. The number of rotatable bonds is 5. The second-order valence-corrected chi connectivity index (χ2v) is 5.24. The Kier molecular flexibility index (Phi) is 3.94. The zero-order chi connectivity index (χ0) is 17.3. The van der Waals surface area contributed by atoms with E-state index in [1.165, 1.54) is 10.9 Å². The molecule has 0 aliphatic heterocycles. The summed E-state index contributed by atoms with van der Waals surface area (Å²) in [7, 11) is 0. The van der Waals surface area contributed by atoms with E-state index in [0.29, 0.717) is 33.7 Å². The quantitative estimate of drug-likeness (QED) is 0.688. The van der Waals surface area contributed by atoms with Gasteiger partial charge >= 0.3 is 5.97 Å². The van der Waals surface area contributed by atoms with E-state index in [0.717, 1.165) is 0 Å². The molecule has 0 saturated heterocycles. The third-order valence-corrected chi connectivity index (χ3v) is 3.30. The van der Waals surface area contributed by atoms with Crippen LogP contribution in [0.15, 0.2) is 16.8 Å². The van der Waals surface area contributed by atoms with E-state index >= 15 is 0 Å². The fourth-order valence-corrected chi connectivity index (χ4v) is 2.30. The molecule has 0 saturated carbocycles. The van der Waals surface area contributed by atoms with Crippen LogP contribution in [0.3, 0.4) is 0 Å². The number of carboxylic acid groups (broad SMARTS) is 1. The maximum absolute atomic E-state index is 12.5. The molecule has 0 bridgehead atoms. The van der Waals surface area contributed by atoms with Gasteiger partial charge in [0.15, 0.2) is 0 Å². The number of nitrogens with zero attached hydrogens (tertiary/aromatic N) is 5. The molecule has 124 valence electrons. The smallest absolute Gasteiger partial charge is 0.325 e. The number of hydrogen-bond donors (Lipinski definition) is 2. The van der Waals surface area contributed by atoms with E-state index in [9.17, 15) is 9.59 Å². The van der Waals surface area contributed by atoms with E-state index in [-0.39, 0.29) is 19.0 Å². The van der Waals surface area contributed by atoms with Crippen molar-refractivity contribution < 1.29 is 19.2 Å². The lowest BCUT2D eigenvalue weighted by Crippen LogP contribution is -2.23. The standard InChI is InChI=1S/C14H14N6O4/c1-7-3-10(12-8(2)18-24-14(12)16-7)13(23)15-4-9-5-20(19-17-9)6-11(21)22/h3,5H,4,6H2,1-2H3,(H,15,23)(H,21,22). The van der Waals surface area contributed by atoms with Crippen molar-refractivity contribution in [2.45, 2.75) is 26.9 Å². The van der Waals surface area contributed by atoms with Gasteiger partial charge in [-0.3, -0.25) is 9.59 Å². The van der Waals surface area contributed by atoms with E-state index in [2.05, 4.69) is 25.8 Å². The number of aromatic nitrogens is 5. The highest BCUT2D eigenvalue weighted by Gasteiger charge is 2.18. The van der Waals surface area contributed by atoms with Crippen LogP contribution in [0, 0.1) is 13.8 Å². The molecular formula is C14H14N6O4. The number of carbonyl (C=O) groups excluding carboxylic acids is 1. The second kappa shape index (κ2) is 6.07. The van der Waals surface area contributed by atoms with Gasteiger partial charge in [0.25, 0.3) is 11.6 Å². The largest absolute Gasteiger partial charge is 0.480 e. The Balaban J connectivity index is 1.77. The van der Waals surface area contributed by atoms with Gasteiger partial charge in [-0.1, -0.05) is 10.4 Å². The summed E-state index contributed by atoms with van der Waals surface area (Å²) in [6, 6.07) is 1.66. The van der Waals surface area contributed by atoms with Gasteiger partial charge in [0.1, 0.15) is 12.2 Å². The lowest BCUT2D eigenvalue weighted by molar-refractivity contribution is -0.137. The van der Waals surface area contributed by atoms with Crippen LogP contribution >= 0.6 is 0 Å². The Morgan fingerprint density at radius 3 is 2.92 bits per heavy atom. The number of fused-ring (bicyclic) bond motifs is 1. The molecule has 3 rings (SSSR count). The summed E-state index contributed by atoms with van der Waals surface area (Å²) in [6.45, 7) is 3.32. The molecule has 0 aromatic carbocycles. The Hall–Kier alpha value is -3.30. The average molecular weight is 330 g/mol. The monoisotopic (exact) mass is 330 g/mol. The van der Waals surface area contributed by atoms with Crippen molar-refractivity contribution >= 4 is 23.0 Å². The third kappa shape index (κ3) is 3.07. The molecule has 0 aliphatic rings. The molecule has 0 radical (unpaired) electrons. The summed E-state index contributed by atoms with van der Waals surface area (Å²) in [4.78, 5) is 27.3. The lowest BCUT2D eigenvalue weighted by Gasteiger charge is -2.05. The zero-order valence-corrected chi connectivity index (χ0v) is 13.0. The van der Waals surface area contributed by atoms with Gasteiger partial charge in [0, 0.05) is 5.69 Å². The van der Waals surface area contributed by atoms with Gasteiger partial charge < -0.3 is 14.9 Å². The first-order valence-electron chi connectivity index (χ1n) is 7.06. The molecule has 10 nitrogen and oxygen atoms in total. The Labute approximate surface area is 135 Å². The summed E-state index contributed by atoms with van der Waals surface area (Å²) in [5, 5.41) is 23.3. The van der Waals surface area contributed by atoms with Gasteiger partial charge in [-0.2, -0.15) is 0 Å². The van der Waals surface area contributed by atoms with Crippen LogP contribution in [0.5, 0.6) is 0 Å². The van der Waals surface area contributed by atoms with Crippen molar-refractivity contribution in [1.82, 2.24) is 30.5 Å². The number of carboxylic acids is 1. The van der Waals surface area contributed by atoms with Gasteiger partial charge in [-0.25, -0.2) is 9.67 Å². The molecule has 0 spiro atoms. The average Bonchev–Trinajstić information content (AvgIpc) is 3.10. The molecule has 3 heterocycles. The zero-order valence-electron chi connectivity index (χ0n) is 13.0. The summed E-state index contributed by atoms with van der Waals surface area (Å²) in [6.07, 6.45) is 1.46. The first-order chi connectivity index (χ1) is 11.4. The first kappa shape index (κ1) is 15.6. The Morgan fingerprint density at radius 2 is 2.17 bits per heavy atom. The lowest BCUT2D eigenvalue weighted by atomic mass is 10.1. The highest BCUT2D eigenvalue weighted by Crippen LogP contribution is 2.21. The van der Waals surface area contributed by atoms with Gasteiger partial charge in [0.05, 0.1) is 29.4 Å². The number of pyridine rings is 1. The van der Waals surface area contributed by atoms with Crippen molar-refractivity contribution in [2.75, 3.05) is 0 Å². The third-order valence-electron chi connectivity index (χ3n) is 3.30. The van der Waals surface area contributed by atoms with E-state index < -0.39 is 5.97 Å². The first-order valence-corrected chi connectivity index (χ1v) is 7.06. The maximum atomic E-state index is 12.5. The molecule has 3 aromatic rings. The minimum absolute atomic E-state index is 0.117. The topological polar surface area (TPSA) is 136 Å². The fourth-order valence-electron chi connectivity index (χ4n) is 2.30. The van der Waals surface area contributed by atoms with Crippen LogP contribution < -0.4 is 5.32 Å².